The van der Waals surface area contributed by atoms with Crippen molar-refractivity contribution in [3.63, 3.8) is 0 Å². The SMILES string of the molecule is N[C@@H]1CN(S(=O)(=O)c2ccc(Cl)c(Cl)c2)C[C@H]1c1ccccc1. The molecule has 1 fully saturated rings. The van der Waals surface area contributed by atoms with Crippen LogP contribution < -0.4 is 5.73 Å². The zero-order valence-corrected chi connectivity index (χ0v) is 14.5. The van der Waals surface area contributed by atoms with E-state index in [1.165, 1.54) is 22.5 Å². The van der Waals surface area contributed by atoms with Gasteiger partial charge in [-0.1, -0.05) is 53.5 Å². The first kappa shape index (κ1) is 16.7. The van der Waals surface area contributed by atoms with Crippen molar-refractivity contribution in [1.82, 2.24) is 4.31 Å². The fraction of sp³-hybridized carbons (Fsp3) is 0.250. The fourth-order valence-electron chi connectivity index (χ4n) is 2.83. The molecule has 0 amide bonds. The molecule has 1 heterocycles. The van der Waals surface area contributed by atoms with Crippen molar-refractivity contribution in [1.29, 1.82) is 0 Å². The van der Waals surface area contributed by atoms with Crippen LogP contribution in [0, 0.1) is 0 Å². The highest BCUT2D eigenvalue weighted by atomic mass is 35.5. The molecule has 2 aromatic carbocycles. The van der Waals surface area contributed by atoms with Gasteiger partial charge in [0, 0.05) is 25.0 Å². The van der Waals surface area contributed by atoms with Gasteiger partial charge in [0.05, 0.1) is 14.9 Å². The molecule has 4 nitrogen and oxygen atoms in total. The number of rotatable bonds is 3. The largest absolute Gasteiger partial charge is 0.326 e. The second-order valence-electron chi connectivity index (χ2n) is 5.58. The first-order valence-electron chi connectivity index (χ1n) is 7.15. The lowest BCUT2D eigenvalue weighted by molar-refractivity contribution is 0.470. The predicted molar refractivity (Wildman–Crippen MR) is 92.4 cm³/mol. The van der Waals surface area contributed by atoms with Crippen LogP contribution in [0.4, 0.5) is 0 Å². The standard InChI is InChI=1S/C16H16Cl2N2O2S/c17-14-7-6-12(8-15(14)18)23(21,22)20-9-13(16(19)10-20)11-4-2-1-3-5-11/h1-8,13,16H,9-10,19H2/t13-,16+/m0/s1. The number of hydrogen-bond donors (Lipinski definition) is 1. The normalized spacial score (nSPS) is 22.4. The van der Waals surface area contributed by atoms with Gasteiger partial charge in [-0.05, 0) is 23.8 Å². The molecule has 0 unspecified atom stereocenters. The lowest BCUT2D eigenvalue weighted by atomic mass is 9.95. The van der Waals surface area contributed by atoms with Gasteiger partial charge in [0.1, 0.15) is 0 Å². The monoisotopic (exact) mass is 370 g/mol. The molecule has 0 aliphatic carbocycles. The smallest absolute Gasteiger partial charge is 0.243 e. The molecular weight excluding hydrogens is 355 g/mol. The van der Waals surface area contributed by atoms with Gasteiger partial charge in [-0.2, -0.15) is 4.31 Å². The summed E-state index contributed by atoms with van der Waals surface area (Å²) in [5.41, 5.74) is 7.22. The summed E-state index contributed by atoms with van der Waals surface area (Å²) in [5.74, 6) is -0.0197. The molecule has 1 aliphatic heterocycles. The van der Waals surface area contributed by atoms with Crippen LogP contribution in [-0.4, -0.2) is 31.9 Å². The molecule has 3 rings (SSSR count). The van der Waals surface area contributed by atoms with Gasteiger partial charge in [0.15, 0.2) is 0 Å². The van der Waals surface area contributed by atoms with Gasteiger partial charge in [-0.15, -0.1) is 0 Å². The van der Waals surface area contributed by atoms with E-state index in [1.54, 1.807) is 0 Å². The van der Waals surface area contributed by atoms with Crippen molar-refractivity contribution in [3.05, 3.63) is 64.1 Å². The molecule has 2 aromatic rings. The van der Waals surface area contributed by atoms with Crippen LogP contribution in [0.15, 0.2) is 53.4 Å². The van der Waals surface area contributed by atoms with Crippen LogP contribution in [0.2, 0.25) is 10.0 Å². The number of benzene rings is 2. The maximum Gasteiger partial charge on any atom is 0.243 e. The maximum absolute atomic E-state index is 12.8. The van der Waals surface area contributed by atoms with Gasteiger partial charge in [-0.3, -0.25) is 0 Å². The molecule has 2 atom stereocenters. The Labute approximate surface area is 145 Å². The van der Waals surface area contributed by atoms with Crippen LogP contribution in [0.3, 0.4) is 0 Å². The number of nitrogens with two attached hydrogens (primary N) is 1. The highest BCUT2D eigenvalue weighted by molar-refractivity contribution is 7.89. The van der Waals surface area contributed by atoms with Crippen molar-refractivity contribution in [2.24, 2.45) is 5.73 Å². The van der Waals surface area contributed by atoms with Gasteiger partial charge in [-0.25, -0.2) is 8.42 Å². The van der Waals surface area contributed by atoms with Crippen molar-refractivity contribution in [2.45, 2.75) is 16.9 Å². The molecule has 1 aliphatic rings. The van der Waals surface area contributed by atoms with Crippen molar-refractivity contribution in [2.75, 3.05) is 13.1 Å². The van der Waals surface area contributed by atoms with E-state index in [0.717, 1.165) is 5.56 Å². The van der Waals surface area contributed by atoms with E-state index in [2.05, 4.69) is 0 Å². The van der Waals surface area contributed by atoms with Gasteiger partial charge in [0.25, 0.3) is 0 Å². The summed E-state index contributed by atoms with van der Waals surface area (Å²) in [4.78, 5) is 0.132. The molecule has 1 saturated heterocycles. The molecule has 7 heteroatoms. The zero-order chi connectivity index (χ0) is 16.6. The summed E-state index contributed by atoms with van der Waals surface area (Å²) in [6, 6.07) is 13.8. The summed E-state index contributed by atoms with van der Waals surface area (Å²) in [7, 11) is -3.64. The van der Waals surface area contributed by atoms with E-state index in [-0.39, 0.29) is 28.4 Å². The minimum absolute atomic E-state index is 0.0197. The van der Waals surface area contributed by atoms with E-state index < -0.39 is 10.0 Å². The Morgan fingerprint density at radius 3 is 2.35 bits per heavy atom. The lowest BCUT2D eigenvalue weighted by Crippen LogP contribution is -2.32. The molecule has 0 radical (unpaired) electrons. The summed E-state index contributed by atoms with van der Waals surface area (Å²) < 4.78 is 27.0. The Hall–Kier alpha value is -1.11. The summed E-state index contributed by atoms with van der Waals surface area (Å²) in [5, 5.41) is 0.543. The number of hydrogen-bond acceptors (Lipinski definition) is 3. The highest BCUT2D eigenvalue weighted by Gasteiger charge is 2.38. The summed E-state index contributed by atoms with van der Waals surface area (Å²) in [6.45, 7) is 0.635. The first-order valence-corrected chi connectivity index (χ1v) is 9.35. The van der Waals surface area contributed by atoms with Crippen LogP contribution in [0.5, 0.6) is 0 Å². The van der Waals surface area contributed by atoms with Gasteiger partial charge in [0.2, 0.25) is 10.0 Å². The fourth-order valence-corrected chi connectivity index (χ4v) is 4.72. The van der Waals surface area contributed by atoms with E-state index in [0.29, 0.717) is 11.6 Å². The Morgan fingerprint density at radius 1 is 1.00 bits per heavy atom. The Bertz CT molecular complexity index is 812. The maximum atomic E-state index is 12.8. The molecule has 0 saturated carbocycles. The molecule has 122 valence electrons. The van der Waals surface area contributed by atoms with E-state index >= 15 is 0 Å². The molecule has 2 N–H and O–H groups in total. The number of halogens is 2. The minimum atomic E-state index is -3.64. The molecular formula is C16H16Cl2N2O2S. The van der Waals surface area contributed by atoms with Crippen molar-refractivity contribution in [3.8, 4) is 0 Å². The number of nitrogens with zero attached hydrogens (tertiary/aromatic N) is 1. The third-order valence-corrected chi connectivity index (χ3v) is 6.65. The number of sulfonamides is 1. The third kappa shape index (κ3) is 3.25. The zero-order valence-electron chi connectivity index (χ0n) is 12.2. The van der Waals surface area contributed by atoms with Crippen molar-refractivity contribution < 1.29 is 8.42 Å². The van der Waals surface area contributed by atoms with Crippen LogP contribution in [-0.2, 0) is 10.0 Å². The third-order valence-electron chi connectivity index (χ3n) is 4.09. The van der Waals surface area contributed by atoms with Gasteiger partial charge >= 0.3 is 0 Å². The quantitative estimate of drug-likeness (QED) is 0.902. The van der Waals surface area contributed by atoms with E-state index in [1.807, 2.05) is 30.3 Å². The minimum Gasteiger partial charge on any atom is -0.326 e. The molecule has 23 heavy (non-hydrogen) atoms. The topological polar surface area (TPSA) is 63.4 Å². The highest BCUT2D eigenvalue weighted by Crippen LogP contribution is 2.32. The lowest BCUT2D eigenvalue weighted by Gasteiger charge is -2.17. The Morgan fingerprint density at radius 2 is 1.70 bits per heavy atom. The van der Waals surface area contributed by atoms with Crippen molar-refractivity contribution >= 4 is 33.2 Å². The summed E-state index contributed by atoms with van der Waals surface area (Å²) >= 11 is 11.8. The first-order chi connectivity index (χ1) is 10.9. The predicted octanol–water partition coefficient (Wildman–Crippen LogP) is 3.11. The molecule has 0 bridgehead atoms. The Kier molecular flexibility index (Phi) is 4.67. The molecule has 0 aromatic heterocycles. The average Bonchev–Trinajstić information content (AvgIpc) is 2.93. The van der Waals surface area contributed by atoms with Gasteiger partial charge < -0.3 is 5.73 Å². The van der Waals surface area contributed by atoms with Crippen LogP contribution in [0.25, 0.3) is 0 Å². The Balaban J connectivity index is 1.88. The van der Waals surface area contributed by atoms with Crippen LogP contribution in [0.1, 0.15) is 11.5 Å². The second kappa shape index (κ2) is 6.42. The summed E-state index contributed by atoms with van der Waals surface area (Å²) in [6.07, 6.45) is 0. The second-order valence-corrected chi connectivity index (χ2v) is 8.33. The molecule has 0 spiro atoms. The van der Waals surface area contributed by atoms with E-state index in [4.69, 9.17) is 28.9 Å². The average molecular weight is 371 g/mol. The van der Waals surface area contributed by atoms with E-state index in [9.17, 15) is 8.42 Å². The van der Waals surface area contributed by atoms with Crippen LogP contribution >= 0.6 is 23.2 Å².